The van der Waals surface area contributed by atoms with Crippen LogP contribution in [-0.4, -0.2) is 12.6 Å². The molecule has 2 heteroatoms. The minimum absolute atomic E-state index is 0.175. The molecule has 1 rings (SSSR count). The summed E-state index contributed by atoms with van der Waals surface area (Å²) in [7, 11) is 0. The third-order valence-corrected chi connectivity index (χ3v) is 1.99. The maximum Gasteiger partial charge on any atom is 0.302 e. The number of benzene rings is 1. The van der Waals surface area contributed by atoms with E-state index in [4.69, 9.17) is 4.74 Å². The first-order valence-electron chi connectivity index (χ1n) is 5.81. The molecule has 1 aromatic carbocycles. The molecule has 0 unspecified atom stereocenters. The molecule has 0 N–H and O–H groups in total. The topological polar surface area (TPSA) is 26.3 Å². The van der Waals surface area contributed by atoms with Gasteiger partial charge in [0, 0.05) is 6.92 Å². The van der Waals surface area contributed by atoms with Gasteiger partial charge in [0.15, 0.2) is 0 Å². The molecule has 0 heterocycles. The van der Waals surface area contributed by atoms with Crippen molar-refractivity contribution in [2.75, 3.05) is 6.61 Å². The lowest BCUT2D eigenvalue weighted by Crippen LogP contribution is -1.99. The van der Waals surface area contributed by atoms with E-state index in [9.17, 15) is 4.79 Å². The van der Waals surface area contributed by atoms with Gasteiger partial charge in [-0.15, -0.1) is 0 Å². The summed E-state index contributed by atoms with van der Waals surface area (Å²) in [6, 6.07) is 10.3. The fourth-order valence-corrected chi connectivity index (χ4v) is 1.10. The van der Waals surface area contributed by atoms with Crippen LogP contribution in [0.1, 0.15) is 38.7 Å². The summed E-state index contributed by atoms with van der Waals surface area (Å²) < 4.78 is 4.70. The average Bonchev–Trinajstić information content (AvgIpc) is 2.26. The van der Waals surface area contributed by atoms with Crippen molar-refractivity contribution in [2.24, 2.45) is 0 Å². The normalized spacial score (nSPS) is 8.94. The maximum absolute atomic E-state index is 10.2. The summed E-state index contributed by atoms with van der Waals surface area (Å²) in [6.07, 6.45) is 3.31. The van der Waals surface area contributed by atoms with Crippen LogP contribution >= 0.6 is 0 Å². The van der Waals surface area contributed by atoms with E-state index in [-0.39, 0.29) is 5.97 Å². The molecule has 1 aromatic rings. The van der Waals surface area contributed by atoms with Crippen LogP contribution in [0.4, 0.5) is 0 Å². The van der Waals surface area contributed by atoms with Gasteiger partial charge in [0.1, 0.15) is 0 Å². The second kappa shape index (κ2) is 10.2. The lowest BCUT2D eigenvalue weighted by atomic mass is 10.2. The molecule has 0 aromatic heterocycles. The fraction of sp³-hybridized carbons (Fsp3) is 0.500. The number of esters is 1. The van der Waals surface area contributed by atoms with Crippen molar-refractivity contribution < 1.29 is 9.53 Å². The van der Waals surface area contributed by atoms with Gasteiger partial charge in [0.05, 0.1) is 6.61 Å². The number of unbranched alkanes of at least 4 members (excludes halogenated alkanes) is 2. The SMILES string of the molecule is CCCCCOC(C)=O.Cc1ccccc1. The summed E-state index contributed by atoms with van der Waals surface area (Å²) >= 11 is 0. The third-order valence-electron chi connectivity index (χ3n) is 1.99. The first-order valence-corrected chi connectivity index (χ1v) is 5.81. The Hall–Kier alpha value is -1.31. The van der Waals surface area contributed by atoms with Gasteiger partial charge in [-0.3, -0.25) is 4.79 Å². The first kappa shape index (κ1) is 14.7. The van der Waals surface area contributed by atoms with Crippen LogP contribution in [0.25, 0.3) is 0 Å². The fourth-order valence-electron chi connectivity index (χ4n) is 1.10. The first-order chi connectivity index (χ1) is 7.66. The number of hydrogen-bond donors (Lipinski definition) is 0. The minimum atomic E-state index is -0.175. The van der Waals surface area contributed by atoms with Crippen LogP contribution in [0.3, 0.4) is 0 Å². The molecule has 0 aliphatic carbocycles. The van der Waals surface area contributed by atoms with Crippen molar-refractivity contribution in [1.29, 1.82) is 0 Å². The van der Waals surface area contributed by atoms with Gasteiger partial charge < -0.3 is 4.74 Å². The third kappa shape index (κ3) is 10.8. The second-order valence-electron chi connectivity index (χ2n) is 3.70. The van der Waals surface area contributed by atoms with Crippen molar-refractivity contribution in [3.63, 3.8) is 0 Å². The predicted octanol–water partition coefficient (Wildman–Crippen LogP) is 3.73. The van der Waals surface area contributed by atoms with Crippen LogP contribution in [0.15, 0.2) is 30.3 Å². The molecule has 0 saturated carbocycles. The molecular weight excluding hydrogens is 200 g/mol. The number of carbonyl (C=O) groups is 1. The molecule has 0 spiro atoms. The number of carbonyl (C=O) groups excluding carboxylic acids is 1. The zero-order valence-corrected chi connectivity index (χ0v) is 10.5. The lowest BCUT2D eigenvalue weighted by molar-refractivity contribution is -0.141. The van der Waals surface area contributed by atoms with Gasteiger partial charge in [-0.25, -0.2) is 0 Å². The summed E-state index contributed by atoms with van der Waals surface area (Å²) in [6.45, 7) is 6.23. The van der Waals surface area contributed by atoms with Crippen LogP contribution in [0, 0.1) is 6.92 Å². The Labute approximate surface area is 98.6 Å². The highest BCUT2D eigenvalue weighted by Crippen LogP contribution is 1.93. The summed E-state index contributed by atoms with van der Waals surface area (Å²) in [5.41, 5.74) is 1.32. The quantitative estimate of drug-likeness (QED) is 0.573. The highest BCUT2D eigenvalue weighted by atomic mass is 16.5. The molecule has 0 saturated heterocycles. The van der Waals surface area contributed by atoms with Crippen molar-refractivity contribution in [2.45, 2.75) is 40.0 Å². The van der Waals surface area contributed by atoms with Crippen LogP contribution < -0.4 is 0 Å². The van der Waals surface area contributed by atoms with Gasteiger partial charge in [-0.2, -0.15) is 0 Å². The van der Waals surface area contributed by atoms with Crippen molar-refractivity contribution >= 4 is 5.97 Å². The molecule has 0 fully saturated rings. The molecule has 90 valence electrons. The Morgan fingerprint density at radius 3 is 2.19 bits per heavy atom. The van der Waals surface area contributed by atoms with E-state index >= 15 is 0 Å². The molecule has 0 bridgehead atoms. The minimum Gasteiger partial charge on any atom is -0.466 e. The molecule has 0 atom stereocenters. The standard InChI is InChI=1S/C7H14O2.C7H8/c1-3-4-5-6-9-7(2)8;1-7-5-3-2-4-6-7/h3-6H2,1-2H3;2-6H,1H3. The summed E-state index contributed by atoms with van der Waals surface area (Å²) in [5.74, 6) is -0.175. The van der Waals surface area contributed by atoms with Crippen LogP contribution in [-0.2, 0) is 9.53 Å². The molecule has 0 amide bonds. The molecule has 2 nitrogen and oxygen atoms in total. The molecule has 16 heavy (non-hydrogen) atoms. The Morgan fingerprint density at radius 1 is 1.19 bits per heavy atom. The van der Waals surface area contributed by atoms with E-state index < -0.39 is 0 Å². The highest BCUT2D eigenvalue weighted by molar-refractivity contribution is 5.65. The Bertz CT molecular complexity index is 267. The number of hydrogen-bond acceptors (Lipinski definition) is 2. The average molecular weight is 222 g/mol. The monoisotopic (exact) mass is 222 g/mol. The van der Waals surface area contributed by atoms with Crippen LogP contribution in [0.5, 0.6) is 0 Å². The Morgan fingerprint density at radius 2 is 1.81 bits per heavy atom. The number of ether oxygens (including phenoxy) is 1. The van der Waals surface area contributed by atoms with Crippen molar-refractivity contribution in [3.8, 4) is 0 Å². The zero-order valence-electron chi connectivity index (χ0n) is 10.5. The second-order valence-corrected chi connectivity index (χ2v) is 3.70. The van der Waals surface area contributed by atoms with Gasteiger partial charge in [-0.05, 0) is 13.3 Å². The largest absolute Gasteiger partial charge is 0.466 e. The lowest BCUT2D eigenvalue weighted by Gasteiger charge is -1.98. The zero-order chi connectivity index (χ0) is 12.2. The summed E-state index contributed by atoms with van der Waals surface area (Å²) in [5, 5.41) is 0. The van der Waals surface area contributed by atoms with E-state index in [1.54, 1.807) is 0 Å². The van der Waals surface area contributed by atoms with Crippen molar-refractivity contribution in [1.82, 2.24) is 0 Å². The Kier molecular flexibility index (Phi) is 9.38. The molecule has 0 radical (unpaired) electrons. The van der Waals surface area contributed by atoms with Crippen molar-refractivity contribution in [3.05, 3.63) is 35.9 Å². The number of rotatable bonds is 4. The van der Waals surface area contributed by atoms with Crippen LogP contribution in [0.2, 0.25) is 0 Å². The van der Waals surface area contributed by atoms with E-state index in [1.165, 1.54) is 18.9 Å². The molecular formula is C14H22O2. The molecule has 0 aliphatic rings. The molecule has 0 aliphatic heterocycles. The summed E-state index contributed by atoms with van der Waals surface area (Å²) in [4.78, 5) is 10.2. The van der Waals surface area contributed by atoms with Gasteiger partial charge in [-0.1, -0.05) is 55.7 Å². The Balaban J connectivity index is 0.000000288. The maximum atomic E-state index is 10.2. The number of aryl methyl sites for hydroxylation is 1. The van der Waals surface area contributed by atoms with Gasteiger partial charge in [0.2, 0.25) is 0 Å². The van der Waals surface area contributed by atoms with Gasteiger partial charge in [0.25, 0.3) is 0 Å². The highest BCUT2D eigenvalue weighted by Gasteiger charge is 1.89. The van der Waals surface area contributed by atoms with E-state index in [0.717, 1.165) is 12.8 Å². The van der Waals surface area contributed by atoms with E-state index in [0.29, 0.717) is 6.61 Å². The van der Waals surface area contributed by atoms with E-state index in [2.05, 4.69) is 26.0 Å². The smallest absolute Gasteiger partial charge is 0.302 e. The van der Waals surface area contributed by atoms with Gasteiger partial charge >= 0.3 is 5.97 Å². The predicted molar refractivity (Wildman–Crippen MR) is 67.3 cm³/mol. The van der Waals surface area contributed by atoms with E-state index in [1.807, 2.05) is 18.2 Å².